The Morgan fingerprint density at radius 3 is 0.862 bits per heavy atom. The predicted octanol–water partition coefficient (Wildman–Crippen LogP) is 11.2. The molecule has 0 aliphatic heterocycles. The SMILES string of the molecule is CC(c1c(O)ccc2cc(O)ccc12)(c1c(O)ccc2cc(O)ccc12)C1(C(C)(c2c(O)ccc3cc(O)ccc23)c2c(O)ccc3cc(O)ccc23)CCCCC1. The van der Waals surface area contributed by atoms with Gasteiger partial charge in [0.2, 0.25) is 0 Å². The first-order valence-corrected chi connectivity index (χ1v) is 19.6. The molecule has 8 aromatic carbocycles. The fourth-order valence-electron chi connectivity index (χ4n) is 11.2. The van der Waals surface area contributed by atoms with Gasteiger partial charge in [0.1, 0.15) is 46.0 Å². The van der Waals surface area contributed by atoms with Crippen LogP contribution < -0.4 is 0 Å². The van der Waals surface area contributed by atoms with Crippen LogP contribution >= 0.6 is 0 Å². The van der Waals surface area contributed by atoms with Gasteiger partial charge in [-0.2, -0.15) is 0 Å². The van der Waals surface area contributed by atoms with Crippen LogP contribution in [0.2, 0.25) is 0 Å². The molecule has 0 heterocycles. The number of phenols is 8. The van der Waals surface area contributed by atoms with Crippen molar-refractivity contribution in [1.82, 2.24) is 0 Å². The molecular formula is C50H44O8. The second-order valence-electron chi connectivity index (χ2n) is 16.4. The number of aromatic hydroxyl groups is 8. The van der Waals surface area contributed by atoms with Crippen LogP contribution in [0, 0.1) is 5.41 Å². The molecule has 1 aliphatic rings. The van der Waals surface area contributed by atoms with E-state index in [0.717, 1.165) is 6.42 Å². The molecule has 8 heteroatoms. The van der Waals surface area contributed by atoms with Crippen LogP contribution in [0.25, 0.3) is 43.1 Å². The Morgan fingerprint density at radius 1 is 0.345 bits per heavy atom. The van der Waals surface area contributed by atoms with E-state index in [9.17, 15) is 40.9 Å². The summed E-state index contributed by atoms with van der Waals surface area (Å²) >= 11 is 0. The maximum absolute atomic E-state index is 12.5. The van der Waals surface area contributed by atoms with E-state index in [1.807, 2.05) is 13.8 Å². The zero-order valence-corrected chi connectivity index (χ0v) is 32.2. The summed E-state index contributed by atoms with van der Waals surface area (Å²) in [6.45, 7) is 4.06. The number of rotatable bonds is 6. The van der Waals surface area contributed by atoms with Crippen molar-refractivity contribution in [1.29, 1.82) is 0 Å². The highest BCUT2D eigenvalue weighted by atomic mass is 16.3. The van der Waals surface area contributed by atoms with E-state index < -0.39 is 16.2 Å². The summed E-state index contributed by atoms with van der Waals surface area (Å²) in [7, 11) is 0. The monoisotopic (exact) mass is 772 g/mol. The van der Waals surface area contributed by atoms with Crippen molar-refractivity contribution in [3.63, 3.8) is 0 Å². The second kappa shape index (κ2) is 13.1. The fraction of sp³-hybridized carbons (Fsp3) is 0.200. The molecule has 8 N–H and O–H groups in total. The standard InChI is InChI=1S/C50H44O8/c1-48(44-36-14-10-32(51)24-28(36)6-18-40(44)55,45-37-15-11-33(52)25-29(37)7-19-41(45)56)50(22-4-3-5-23-50)49(2,46-38-16-12-34(53)26-30(38)8-20-42(46)57)47-39-17-13-35(54)27-31(39)9-21-43(47)58/h6-21,24-27,51-58H,3-5,22-23H2,1-2H3. The van der Waals surface area contributed by atoms with Gasteiger partial charge in [0.15, 0.2) is 0 Å². The summed E-state index contributed by atoms with van der Waals surface area (Å²) in [6.07, 6.45) is 3.25. The Bertz CT molecular complexity index is 2580. The minimum absolute atomic E-state index is 0.0411. The maximum atomic E-state index is 12.5. The van der Waals surface area contributed by atoms with Gasteiger partial charge in [0.05, 0.1) is 0 Å². The zero-order valence-electron chi connectivity index (χ0n) is 32.2. The fourth-order valence-corrected chi connectivity index (χ4v) is 11.2. The average molecular weight is 773 g/mol. The highest BCUT2D eigenvalue weighted by Gasteiger charge is 2.64. The highest BCUT2D eigenvalue weighted by Crippen LogP contribution is 2.71. The molecule has 0 atom stereocenters. The molecular weight excluding hydrogens is 729 g/mol. The molecule has 1 fully saturated rings. The number of benzene rings is 8. The third-order valence-corrected chi connectivity index (χ3v) is 13.5. The molecule has 0 bridgehead atoms. The predicted molar refractivity (Wildman–Crippen MR) is 228 cm³/mol. The summed E-state index contributed by atoms with van der Waals surface area (Å²) in [5.74, 6) is -0.0493. The number of fused-ring (bicyclic) bond motifs is 4. The van der Waals surface area contributed by atoms with Crippen molar-refractivity contribution in [3.8, 4) is 46.0 Å². The lowest BCUT2D eigenvalue weighted by Crippen LogP contribution is -2.58. The smallest absolute Gasteiger partial charge is 0.120 e. The molecule has 0 unspecified atom stereocenters. The largest absolute Gasteiger partial charge is 0.508 e. The molecule has 0 aromatic heterocycles. The van der Waals surface area contributed by atoms with Gasteiger partial charge in [-0.05, 0) is 134 Å². The lowest BCUT2D eigenvalue weighted by atomic mass is 9.40. The molecule has 0 saturated heterocycles. The third-order valence-electron chi connectivity index (χ3n) is 13.5. The van der Waals surface area contributed by atoms with E-state index in [4.69, 9.17) is 0 Å². The zero-order chi connectivity index (χ0) is 40.7. The van der Waals surface area contributed by atoms with E-state index in [0.29, 0.717) is 91.0 Å². The Kier molecular flexibility index (Phi) is 8.33. The highest BCUT2D eigenvalue weighted by molar-refractivity contribution is 5.98. The molecule has 1 aliphatic carbocycles. The van der Waals surface area contributed by atoms with Crippen LogP contribution in [0.1, 0.15) is 68.2 Å². The Labute approximate surface area is 334 Å². The number of phenolic OH excluding ortho intramolecular Hbond substituents is 8. The molecule has 8 aromatic rings. The summed E-state index contributed by atoms with van der Waals surface area (Å²) in [4.78, 5) is 0. The summed E-state index contributed by atoms with van der Waals surface area (Å²) < 4.78 is 0. The summed E-state index contributed by atoms with van der Waals surface area (Å²) in [5, 5.41) is 98.1. The van der Waals surface area contributed by atoms with Crippen LogP contribution in [0.15, 0.2) is 121 Å². The van der Waals surface area contributed by atoms with Gasteiger partial charge in [-0.3, -0.25) is 0 Å². The van der Waals surface area contributed by atoms with Crippen LogP contribution in [0.5, 0.6) is 46.0 Å². The summed E-state index contributed by atoms with van der Waals surface area (Å²) in [6, 6.07) is 33.3. The molecule has 8 nitrogen and oxygen atoms in total. The van der Waals surface area contributed by atoms with Crippen LogP contribution in [-0.4, -0.2) is 40.9 Å². The van der Waals surface area contributed by atoms with Crippen LogP contribution in [0.3, 0.4) is 0 Å². The minimum atomic E-state index is -1.42. The third kappa shape index (κ3) is 5.13. The topological polar surface area (TPSA) is 162 Å². The number of hydrogen-bond acceptors (Lipinski definition) is 8. The summed E-state index contributed by atoms with van der Waals surface area (Å²) in [5.41, 5.74) is -2.08. The van der Waals surface area contributed by atoms with Gasteiger partial charge in [0, 0.05) is 33.1 Å². The van der Waals surface area contributed by atoms with E-state index in [2.05, 4.69) is 0 Å². The van der Waals surface area contributed by atoms with Gasteiger partial charge in [0.25, 0.3) is 0 Å². The lowest BCUT2D eigenvalue weighted by molar-refractivity contribution is 0.0264. The molecule has 1 saturated carbocycles. The number of hydrogen-bond donors (Lipinski definition) is 8. The molecule has 9 rings (SSSR count). The van der Waals surface area contributed by atoms with Gasteiger partial charge in [-0.15, -0.1) is 0 Å². The quantitative estimate of drug-likeness (QED) is 0.0828. The normalized spacial score (nSPS) is 14.7. The minimum Gasteiger partial charge on any atom is -0.508 e. The van der Waals surface area contributed by atoms with Crippen molar-refractivity contribution in [2.75, 3.05) is 0 Å². The van der Waals surface area contributed by atoms with E-state index >= 15 is 0 Å². The van der Waals surface area contributed by atoms with Gasteiger partial charge in [-0.25, -0.2) is 0 Å². The van der Waals surface area contributed by atoms with Gasteiger partial charge in [-0.1, -0.05) is 81.6 Å². The Hall–Kier alpha value is -6.80. The molecule has 0 spiro atoms. The van der Waals surface area contributed by atoms with Crippen molar-refractivity contribution in [2.45, 2.75) is 56.8 Å². The van der Waals surface area contributed by atoms with Crippen molar-refractivity contribution >= 4 is 43.1 Å². The lowest BCUT2D eigenvalue weighted by Gasteiger charge is -2.62. The van der Waals surface area contributed by atoms with Crippen molar-refractivity contribution < 1.29 is 40.9 Å². The van der Waals surface area contributed by atoms with Crippen molar-refractivity contribution in [2.24, 2.45) is 5.41 Å². The van der Waals surface area contributed by atoms with Gasteiger partial charge >= 0.3 is 0 Å². The Morgan fingerprint density at radius 2 is 0.603 bits per heavy atom. The van der Waals surface area contributed by atoms with Gasteiger partial charge < -0.3 is 40.9 Å². The van der Waals surface area contributed by atoms with E-state index in [1.165, 1.54) is 0 Å². The molecule has 58 heavy (non-hydrogen) atoms. The molecule has 292 valence electrons. The molecule has 0 amide bonds. The van der Waals surface area contributed by atoms with E-state index in [-0.39, 0.29) is 46.0 Å². The second-order valence-corrected chi connectivity index (χ2v) is 16.4. The van der Waals surface area contributed by atoms with Crippen molar-refractivity contribution in [3.05, 3.63) is 144 Å². The van der Waals surface area contributed by atoms with E-state index in [1.54, 1.807) is 121 Å². The first-order chi connectivity index (χ1) is 27.8. The first-order valence-electron chi connectivity index (χ1n) is 19.6. The Balaban J connectivity index is 1.58. The average Bonchev–Trinajstić information content (AvgIpc) is 3.20. The molecule has 0 radical (unpaired) electrons. The maximum Gasteiger partial charge on any atom is 0.120 e. The van der Waals surface area contributed by atoms with Crippen LogP contribution in [-0.2, 0) is 10.8 Å². The first kappa shape index (κ1) is 36.8. The van der Waals surface area contributed by atoms with Crippen LogP contribution in [0.4, 0.5) is 0 Å².